The van der Waals surface area contributed by atoms with Crippen molar-refractivity contribution in [2.24, 2.45) is 0 Å². The fraction of sp³-hybridized carbons (Fsp3) is 0.304. The highest BCUT2D eigenvalue weighted by atomic mass is 32.2. The fourth-order valence-electron chi connectivity index (χ4n) is 4.18. The van der Waals surface area contributed by atoms with E-state index in [0.717, 1.165) is 33.3 Å². The number of carbonyl (C=O) groups excluding carboxylic acids is 1. The van der Waals surface area contributed by atoms with Crippen molar-refractivity contribution in [3.8, 4) is 11.1 Å². The number of sulfone groups is 1. The number of rotatable bonds is 4. The zero-order chi connectivity index (χ0) is 20.6. The summed E-state index contributed by atoms with van der Waals surface area (Å²) in [5.74, 6) is -0.0658. The lowest BCUT2D eigenvalue weighted by atomic mass is 9.92. The van der Waals surface area contributed by atoms with E-state index in [4.69, 9.17) is 4.98 Å². The lowest BCUT2D eigenvalue weighted by Crippen LogP contribution is -2.47. The molecule has 1 aliphatic rings. The molecule has 1 aliphatic heterocycles. The number of amides is 1. The number of pyridine rings is 1. The molecule has 1 amide bonds. The topological polar surface area (TPSA) is 76.1 Å². The number of aryl methyl sites for hydroxylation is 1. The molecule has 1 N–H and O–H groups in total. The van der Waals surface area contributed by atoms with Crippen LogP contribution in [0.2, 0.25) is 0 Å². The quantitative estimate of drug-likeness (QED) is 0.717. The summed E-state index contributed by atoms with van der Waals surface area (Å²) < 4.78 is 23.7. The van der Waals surface area contributed by atoms with Gasteiger partial charge in [-0.1, -0.05) is 48.5 Å². The number of nitrogens with zero attached hydrogens (tertiary/aromatic N) is 1. The van der Waals surface area contributed by atoms with Crippen molar-refractivity contribution >= 4 is 26.6 Å². The summed E-state index contributed by atoms with van der Waals surface area (Å²) in [5.41, 5.74) is 3.90. The van der Waals surface area contributed by atoms with Crippen LogP contribution in [0.4, 0.5) is 0 Å². The van der Waals surface area contributed by atoms with Crippen LogP contribution in [0.15, 0.2) is 54.6 Å². The molecule has 2 heterocycles. The fourth-order valence-corrected chi connectivity index (χ4v) is 6.27. The Hall–Kier alpha value is -2.73. The monoisotopic (exact) mass is 408 g/mol. The van der Waals surface area contributed by atoms with Crippen LogP contribution in [0, 0.1) is 6.92 Å². The Morgan fingerprint density at radius 3 is 2.48 bits per heavy atom. The summed E-state index contributed by atoms with van der Waals surface area (Å²) in [7, 11) is -3.09. The van der Waals surface area contributed by atoms with E-state index in [-0.39, 0.29) is 23.8 Å². The molecular weight excluding hydrogens is 384 g/mol. The van der Waals surface area contributed by atoms with Gasteiger partial charge in [0.15, 0.2) is 9.84 Å². The molecule has 6 heteroatoms. The number of nitrogens with one attached hydrogen (secondary N) is 1. The molecule has 4 rings (SSSR count). The molecule has 3 aromatic rings. The number of hydrogen-bond donors (Lipinski definition) is 1. The summed E-state index contributed by atoms with van der Waals surface area (Å²) in [6, 6.07) is 17.9. The first kappa shape index (κ1) is 19.6. The van der Waals surface area contributed by atoms with E-state index in [0.29, 0.717) is 6.42 Å². The predicted molar refractivity (Wildman–Crippen MR) is 115 cm³/mol. The van der Waals surface area contributed by atoms with E-state index in [1.165, 1.54) is 0 Å². The van der Waals surface area contributed by atoms with E-state index in [9.17, 15) is 13.2 Å². The number of para-hydroxylation sites is 1. The summed E-state index contributed by atoms with van der Waals surface area (Å²) >= 11 is 0. The maximum atomic E-state index is 12.9. The minimum atomic E-state index is -3.09. The molecular formula is C23H24N2O3S. The average molecular weight is 409 g/mol. The van der Waals surface area contributed by atoms with Gasteiger partial charge in [0.2, 0.25) is 5.91 Å². The molecule has 2 aromatic carbocycles. The van der Waals surface area contributed by atoms with Crippen LogP contribution in [-0.2, 0) is 21.1 Å². The number of benzene rings is 2. The van der Waals surface area contributed by atoms with Crippen LogP contribution in [-0.4, -0.2) is 36.4 Å². The minimum absolute atomic E-state index is 0.00770. The Labute approximate surface area is 171 Å². The van der Waals surface area contributed by atoms with Gasteiger partial charge in [0.05, 0.1) is 29.0 Å². The number of aromatic nitrogens is 1. The molecule has 5 nitrogen and oxygen atoms in total. The lowest BCUT2D eigenvalue weighted by molar-refractivity contribution is -0.121. The third kappa shape index (κ3) is 4.03. The highest BCUT2D eigenvalue weighted by Crippen LogP contribution is 2.33. The Kier molecular flexibility index (Phi) is 4.90. The molecule has 1 aromatic heterocycles. The predicted octanol–water partition coefficient (Wildman–Crippen LogP) is 3.45. The lowest BCUT2D eigenvalue weighted by Gasteiger charge is -2.24. The third-order valence-electron chi connectivity index (χ3n) is 5.54. The Morgan fingerprint density at radius 2 is 1.79 bits per heavy atom. The second-order valence-electron chi connectivity index (χ2n) is 8.06. The van der Waals surface area contributed by atoms with E-state index in [1.807, 2.05) is 61.5 Å². The number of fused-ring (bicyclic) bond motifs is 1. The SMILES string of the molecule is Cc1nc2ccccc2c(-c2ccccc2)c1CC(=O)NC1(C)CCS(=O)(=O)C1. The second-order valence-corrected chi connectivity index (χ2v) is 10.2. The summed E-state index contributed by atoms with van der Waals surface area (Å²) in [6.07, 6.45) is 0.602. The van der Waals surface area contributed by atoms with Crippen molar-refractivity contribution < 1.29 is 13.2 Å². The Balaban J connectivity index is 1.74. The first-order valence-corrected chi connectivity index (χ1v) is 11.5. The van der Waals surface area contributed by atoms with Crippen LogP contribution >= 0.6 is 0 Å². The van der Waals surface area contributed by atoms with E-state index in [2.05, 4.69) is 5.32 Å². The second kappa shape index (κ2) is 7.26. The maximum absolute atomic E-state index is 12.9. The first-order valence-electron chi connectivity index (χ1n) is 9.71. The normalized spacial score (nSPS) is 20.6. The van der Waals surface area contributed by atoms with Gasteiger partial charge in [-0.3, -0.25) is 9.78 Å². The Morgan fingerprint density at radius 1 is 1.10 bits per heavy atom. The van der Waals surface area contributed by atoms with E-state index >= 15 is 0 Å². The molecule has 0 spiro atoms. The highest BCUT2D eigenvalue weighted by molar-refractivity contribution is 7.91. The molecule has 1 saturated heterocycles. The van der Waals surface area contributed by atoms with Crippen molar-refractivity contribution in [3.05, 3.63) is 65.9 Å². The smallest absolute Gasteiger partial charge is 0.224 e. The first-order chi connectivity index (χ1) is 13.8. The zero-order valence-electron chi connectivity index (χ0n) is 16.6. The highest BCUT2D eigenvalue weighted by Gasteiger charge is 2.39. The zero-order valence-corrected chi connectivity index (χ0v) is 17.4. The van der Waals surface area contributed by atoms with Crippen molar-refractivity contribution in [1.82, 2.24) is 10.3 Å². The maximum Gasteiger partial charge on any atom is 0.224 e. The third-order valence-corrected chi connectivity index (χ3v) is 7.45. The molecule has 0 bridgehead atoms. The number of hydrogen-bond acceptors (Lipinski definition) is 4. The minimum Gasteiger partial charge on any atom is -0.350 e. The molecule has 0 radical (unpaired) electrons. The van der Waals surface area contributed by atoms with Crippen LogP contribution in [0.3, 0.4) is 0 Å². The average Bonchev–Trinajstić information content (AvgIpc) is 2.95. The summed E-state index contributed by atoms with van der Waals surface area (Å²) in [6.45, 7) is 3.72. The van der Waals surface area contributed by atoms with Gasteiger partial charge in [0, 0.05) is 11.1 Å². The van der Waals surface area contributed by atoms with Gasteiger partial charge in [0.1, 0.15) is 0 Å². The summed E-state index contributed by atoms with van der Waals surface area (Å²) in [4.78, 5) is 17.6. The van der Waals surface area contributed by atoms with Gasteiger partial charge in [-0.15, -0.1) is 0 Å². The van der Waals surface area contributed by atoms with Gasteiger partial charge >= 0.3 is 0 Å². The van der Waals surface area contributed by atoms with Gasteiger partial charge in [-0.25, -0.2) is 8.42 Å². The van der Waals surface area contributed by atoms with Crippen molar-refractivity contribution in [2.75, 3.05) is 11.5 Å². The number of carbonyl (C=O) groups is 1. The van der Waals surface area contributed by atoms with Crippen molar-refractivity contribution in [1.29, 1.82) is 0 Å². The summed E-state index contributed by atoms with van der Waals surface area (Å²) in [5, 5.41) is 3.97. The molecule has 1 atom stereocenters. The van der Waals surface area contributed by atoms with Crippen molar-refractivity contribution in [2.45, 2.75) is 32.2 Å². The molecule has 1 fully saturated rings. The molecule has 0 aliphatic carbocycles. The van der Waals surface area contributed by atoms with Gasteiger partial charge in [-0.05, 0) is 43.0 Å². The van der Waals surface area contributed by atoms with Gasteiger partial charge in [0.25, 0.3) is 0 Å². The molecule has 0 saturated carbocycles. The van der Waals surface area contributed by atoms with Crippen LogP contribution in [0.5, 0.6) is 0 Å². The van der Waals surface area contributed by atoms with Gasteiger partial charge < -0.3 is 5.32 Å². The van der Waals surface area contributed by atoms with Crippen molar-refractivity contribution in [3.63, 3.8) is 0 Å². The molecule has 1 unspecified atom stereocenters. The van der Waals surface area contributed by atoms with E-state index < -0.39 is 15.4 Å². The largest absolute Gasteiger partial charge is 0.350 e. The Bertz CT molecular complexity index is 1190. The molecule has 29 heavy (non-hydrogen) atoms. The molecule has 150 valence electrons. The van der Waals surface area contributed by atoms with Crippen LogP contribution in [0.1, 0.15) is 24.6 Å². The standard InChI is InChI=1S/C23H24N2O3S/c1-16-19(14-21(26)25-23(2)12-13-29(27,28)15-23)22(17-8-4-3-5-9-17)18-10-6-7-11-20(18)24-16/h3-11H,12-15H2,1-2H3,(H,25,26). The van der Waals surface area contributed by atoms with Gasteiger partial charge in [-0.2, -0.15) is 0 Å². The van der Waals surface area contributed by atoms with E-state index in [1.54, 1.807) is 6.92 Å². The van der Waals surface area contributed by atoms with Crippen LogP contribution in [0.25, 0.3) is 22.0 Å². The van der Waals surface area contributed by atoms with Crippen LogP contribution < -0.4 is 5.32 Å².